The largest absolute Gasteiger partial charge is 0.176 e. The van der Waals surface area contributed by atoms with Crippen molar-refractivity contribution in [1.29, 1.82) is 0 Å². The zero-order chi connectivity index (χ0) is 12.3. The van der Waals surface area contributed by atoms with Gasteiger partial charge in [-0.2, -0.15) is 12.6 Å². The highest BCUT2D eigenvalue weighted by molar-refractivity contribution is 7.81. The lowest BCUT2D eigenvalue weighted by Gasteiger charge is -2.26. The Morgan fingerprint density at radius 2 is 1.47 bits per heavy atom. The molecule has 0 radical (unpaired) electrons. The maximum Gasteiger partial charge on any atom is 0.00450 e. The predicted octanol–water partition coefficient (Wildman–Crippen LogP) is 6.01. The summed E-state index contributed by atoms with van der Waals surface area (Å²) in [6.45, 7) is 2.29. The number of hydrogen-bond acceptors (Lipinski definition) is 1. The highest BCUT2D eigenvalue weighted by atomic mass is 32.1. The van der Waals surface area contributed by atoms with Crippen molar-refractivity contribution in [3.8, 4) is 0 Å². The first-order chi connectivity index (χ1) is 8.34. The minimum absolute atomic E-state index is 0.700. The second-order valence-corrected chi connectivity index (χ2v) is 6.54. The van der Waals surface area contributed by atoms with Gasteiger partial charge in [-0.15, -0.1) is 0 Å². The van der Waals surface area contributed by atoms with Gasteiger partial charge in [-0.3, -0.25) is 0 Å². The second kappa shape index (κ2) is 10.3. The van der Waals surface area contributed by atoms with Crippen LogP contribution < -0.4 is 0 Å². The van der Waals surface area contributed by atoms with Crippen molar-refractivity contribution in [3.05, 3.63) is 0 Å². The summed E-state index contributed by atoms with van der Waals surface area (Å²) in [5.74, 6) is 0.937. The van der Waals surface area contributed by atoms with E-state index in [4.69, 9.17) is 12.6 Å². The number of thiol groups is 1. The fraction of sp³-hybridized carbons (Fsp3) is 1.00. The molecule has 1 heteroatoms. The lowest BCUT2D eigenvalue weighted by molar-refractivity contribution is 0.338. The summed E-state index contributed by atoms with van der Waals surface area (Å²) in [4.78, 5) is 0. The summed E-state index contributed by atoms with van der Waals surface area (Å²) in [6.07, 6.45) is 18.6. The van der Waals surface area contributed by atoms with E-state index in [1.807, 2.05) is 0 Å². The zero-order valence-corrected chi connectivity index (χ0v) is 12.7. The lowest BCUT2D eigenvalue weighted by Crippen LogP contribution is -2.18. The van der Waals surface area contributed by atoms with Gasteiger partial charge in [0.2, 0.25) is 0 Å². The maximum atomic E-state index is 4.83. The first-order valence-electron chi connectivity index (χ1n) is 8.02. The first-order valence-corrected chi connectivity index (χ1v) is 8.54. The molecule has 1 rings (SSSR count). The SMILES string of the molecule is CCCCCCCCCC(S)C1CCCCC1. The van der Waals surface area contributed by atoms with Crippen LogP contribution in [0.25, 0.3) is 0 Å². The van der Waals surface area contributed by atoms with Crippen molar-refractivity contribution in [3.63, 3.8) is 0 Å². The van der Waals surface area contributed by atoms with Crippen LogP contribution in [0, 0.1) is 5.92 Å². The molecule has 0 N–H and O–H groups in total. The molecule has 102 valence electrons. The molecule has 0 amide bonds. The molecule has 0 nitrogen and oxygen atoms in total. The molecule has 0 spiro atoms. The Balaban J connectivity index is 1.90. The van der Waals surface area contributed by atoms with Crippen molar-refractivity contribution >= 4 is 12.6 Å². The molecule has 0 heterocycles. The van der Waals surface area contributed by atoms with Gasteiger partial charge in [0, 0.05) is 5.25 Å². The summed E-state index contributed by atoms with van der Waals surface area (Å²) >= 11 is 4.83. The van der Waals surface area contributed by atoms with Crippen LogP contribution in [-0.4, -0.2) is 5.25 Å². The van der Waals surface area contributed by atoms with Gasteiger partial charge in [-0.25, -0.2) is 0 Å². The molecule has 0 aromatic carbocycles. The minimum Gasteiger partial charge on any atom is -0.176 e. The van der Waals surface area contributed by atoms with Crippen molar-refractivity contribution in [2.24, 2.45) is 5.92 Å². The summed E-state index contributed by atoms with van der Waals surface area (Å²) in [7, 11) is 0. The van der Waals surface area contributed by atoms with Crippen LogP contribution in [0.4, 0.5) is 0 Å². The van der Waals surface area contributed by atoms with E-state index < -0.39 is 0 Å². The van der Waals surface area contributed by atoms with Gasteiger partial charge < -0.3 is 0 Å². The molecule has 0 bridgehead atoms. The normalized spacial score (nSPS) is 19.4. The molecular formula is C16H32S. The Bertz CT molecular complexity index is 161. The van der Waals surface area contributed by atoms with Gasteiger partial charge in [-0.1, -0.05) is 71.1 Å². The highest BCUT2D eigenvalue weighted by Crippen LogP contribution is 2.31. The van der Waals surface area contributed by atoms with Crippen LogP contribution in [0.2, 0.25) is 0 Å². The van der Waals surface area contributed by atoms with Gasteiger partial charge >= 0.3 is 0 Å². The van der Waals surface area contributed by atoms with Crippen molar-refractivity contribution < 1.29 is 0 Å². The average Bonchev–Trinajstić information content (AvgIpc) is 2.38. The van der Waals surface area contributed by atoms with E-state index >= 15 is 0 Å². The van der Waals surface area contributed by atoms with Crippen LogP contribution in [-0.2, 0) is 0 Å². The third kappa shape index (κ3) is 7.39. The van der Waals surface area contributed by atoms with E-state index in [2.05, 4.69) is 6.92 Å². The molecule has 0 aliphatic heterocycles. The first kappa shape index (κ1) is 15.4. The van der Waals surface area contributed by atoms with Gasteiger partial charge in [0.25, 0.3) is 0 Å². The Hall–Kier alpha value is 0.350. The smallest absolute Gasteiger partial charge is 0.00450 e. The Morgan fingerprint density at radius 3 is 2.12 bits per heavy atom. The topological polar surface area (TPSA) is 0 Å². The Kier molecular flexibility index (Phi) is 9.33. The number of rotatable bonds is 9. The quantitative estimate of drug-likeness (QED) is 0.379. The van der Waals surface area contributed by atoms with Crippen molar-refractivity contribution in [1.82, 2.24) is 0 Å². The minimum atomic E-state index is 0.700. The van der Waals surface area contributed by atoms with Gasteiger partial charge in [0.1, 0.15) is 0 Å². The predicted molar refractivity (Wildman–Crippen MR) is 82.0 cm³/mol. The van der Waals surface area contributed by atoms with Crippen LogP contribution in [0.5, 0.6) is 0 Å². The second-order valence-electron chi connectivity index (χ2n) is 5.88. The molecule has 1 aliphatic carbocycles. The van der Waals surface area contributed by atoms with Gasteiger partial charge in [-0.05, 0) is 25.2 Å². The fourth-order valence-electron chi connectivity index (χ4n) is 3.07. The Labute approximate surface area is 114 Å². The average molecular weight is 256 g/mol. The van der Waals surface area contributed by atoms with E-state index in [0.717, 1.165) is 5.92 Å². The van der Waals surface area contributed by atoms with Crippen molar-refractivity contribution in [2.45, 2.75) is 95.6 Å². The van der Waals surface area contributed by atoms with Gasteiger partial charge in [0.15, 0.2) is 0 Å². The summed E-state index contributed by atoms with van der Waals surface area (Å²) < 4.78 is 0. The molecule has 17 heavy (non-hydrogen) atoms. The molecule has 1 atom stereocenters. The summed E-state index contributed by atoms with van der Waals surface area (Å²) in [5.41, 5.74) is 0. The fourth-order valence-corrected chi connectivity index (χ4v) is 3.55. The summed E-state index contributed by atoms with van der Waals surface area (Å²) in [5, 5.41) is 0.700. The van der Waals surface area contributed by atoms with E-state index in [1.165, 1.54) is 83.5 Å². The van der Waals surface area contributed by atoms with Crippen LogP contribution in [0.3, 0.4) is 0 Å². The van der Waals surface area contributed by atoms with E-state index in [-0.39, 0.29) is 0 Å². The monoisotopic (exact) mass is 256 g/mol. The number of hydrogen-bond donors (Lipinski definition) is 1. The molecule has 1 saturated carbocycles. The Morgan fingerprint density at radius 1 is 0.882 bits per heavy atom. The zero-order valence-electron chi connectivity index (χ0n) is 11.8. The standard InChI is InChI=1S/C16H32S/c1-2-3-4-5-6-7-11-14-16(17)15-12-9-8-10-13-15/h15-17H,2-14H2,1H3. The van der Waals surface area contributed by atoms with Crippen molar-refractivity contribution in [2.75, 3.05) is 0 Å². The van der Waals surface area contributed by atoms with Crippen LogP contribution >= 0.6 is 12.6 Å². The van der Waals surface area contributed by atoms with E-state index in [1.54, 1.807) is 0 Å². The molecule has 0 aromatic heterocycles. The molecule has 0 aromatic rings. The molecule has 1 fully saturated rings. The molecule has 0 saturated heterocycles. The van der Waals surface area contributed by atoms with E-state index in [0.29, 0.717) is 5.25 Å². The van der Waals surface area contributed by atoms with Gasteiger partial charge in [0.05, 0.1) is 0 Å². The lowest BCUT2D eigenvalue weighted by atomic mass is 9.85. The van der Waals surface area contributed by atoms with Crippen LogP contribution in [0.1, 0.15) is 90.4 Å². The maximum absolute atomic E-state index is 4.83. The van der Waals surface area contributed by atoms with Crippen LogP contribution in [0.15, 0.2) is 0 Å². The highest BCUT2D eigenvalue weighted by Gasteiger charge is 2.19. The molecule has 1 aliphatic rings. The summed E-state index contributed by atoms with van der Waals surface area (Å²) in [6, 6.07) is 0. The molecule has 1 unspecified atom stereocenters. The van der Waals surface area contributed by atoms with E-state index in [9.17, 15) is 0 Å². The molecular weight excluding hydrogens is 224 g/mol. The third-order valence-electron chi connectivity index (χ3n) is 4.30. The third-order valence-corrected chi connectivity index (χ3v) is 4.98. The number of unbranched alkanes of at least 4 members (excludes halogenated alkanes) is 6.